The van der Waals surface area contributed by atoms with Crippen LogP contribution < -0.4 is 9.62 Å². The number of amides is 2. The lowest BCUT2D eigenvalue weighted by Gasteiger charge is -2.33. The normalized spacial score (nSPS) is 12.0. The first-order valence-corrected chi connectivity index (χ1v) is 14.6. The van der Waals surface area contributed by atoms with Crippen molar-refractivity contribution in [2.24, 2.45) is 0 Å². The van der Waals surface area contributed by atoms with Gasteiger partial charge in [0.25, 0.3) is 0 Å². The Bertz CT molecular complexity index is 1360. The third-order valence-electron chi connectivity index (χ3n) is 5.66. The fourth-order valence-corrected chi connectivity index (χ4v) is 5.35. The Hall–Kier alpha value is -2.59. The van der Waals surface area contributed by atoms with Gasteiger partial charge in [-0.05, 0) is 35.4 Å². The van der Waals surface area contributed by atoms with Gasteiger partial charge in [0.1, 0.15) is 12.6 Å². The lowest BCUT2D eigenvalue weighted by atomic mass is 10.0. The molecule has 0 aliphatic carbocycles. The van der Waals surface area contributed by atoms with E-state index in [-0.39, 0.29) is 34.6 Å². The Kier molecular flexibility index (Phi) is 10.0. The Morgan fingerprint density at radius 1 is 0.946 bits per heavy atom. The fraction of sp³-hybridized carbons (Fsp3) is 0.231. The standard InChI is InChI=1S/C26H26BrCl2N3O4S/c1-30-26(34)23(15-18-7-4-3-5-8-18)31(16-19-11-13-20(27)14-12-19)24(33)17-32(37(2,35)36)22-10-6-9-21(28)25(22)29/h3-14,23H,15-17H2,1-2H3,(H,30,34). The van der Waals surface area contributed by atoms with E-state index in [2.05, 4.69) is 21.2 Å². The summed E-state index contributed by atoms with van der Waals surface area (Å²) in [6, 6.07) is 20.3. The molecule has 0 aromatic heterocycles. The van der Waals surface area contributed by atoms with Crippen molar-refractivity contribution in [1.29, 1.82) is 0 Å². The first-order valence-electron chi connectivity index (χ1n) is 11.2. The van der Waals surface area contributed by atoms with E-state index >= 15 is 0 Å². The maximum absolute atomic E-state index is 13.8. The largest absolute Gasteiger partial charge is 0.357 e. The molecule has 3 aromatic carbocycles. The molecule has 1 unspecified atom stereocenters. The van der Waals surface area contributed by atoms with Crippen molar-refractivity contribution in [3.8, 4) is 0 Å². The van der Waals surface area contributed by atoms with Gasteiger partial charge in [-0.15, -0.1) is 0 Å². The lowest BCUT2D eigenvalue weighted by molar-refractivity contribution is -0.139. The van der Waals surface area contributed by atoms with Crippen LogP contribution in [0, 0.1) is 0 Å². The summed E-state index contributed by atoms with van der Waals surface area (Å²) in [5.74, 6) is -0.949. The second kappa shape index (κ2) is 12.8. The lowest BCUT2D eigenvalue weighted by Crippen LogP contribution is -2.52. The number of anilines is 1. The molecular formula is C26H26BrCl2N3O4S. The van der Waals surface area contributed by atoms with Gasteiger partial charge in [-0.2, -0.15) is 0 Å². The van der Waals surface area contributed by atoms with E-state index in [1.54, 1.807) is 6.07 Å². The number of hydrogen-bond donors (Lipinski definition) is 1. The van der Waals surface area contributed by atoms with Gasteiger partial charge in [0.2, 0.25) is 21.8 Å². The number of nitrogens with zero attached hydrogens (tertiary/aromatic N) is 2. The van der Waals surface area contributed by atoms with Crippen molar-refractivity contribution in [2.75, 3.05) is 24.2 Å². The summed E-state index contributed by atoms with van der Waals surface area (Å²) in [7, 11) is -2.44. The van der Waals surface area contributed by atoms with Crippen LogP contribution in [0.15, 0.2) is 77.3 Å². The van der Waals surface area contributed by atoms with Crippen molar-refractivity contribution in [1.82, 2.24) is 10.2 Å². The van der Waals surface area contributed by atoms with Crippen LogP contribution in [0.2, 0.25) is 10.0 Å². The van der Waals surface area contributed by atoms with Gasteiger partial charge in [-0.3, -0.25) is 13.9 Å². The van der Waals surface area contributed by atoms with Crippen LogP contribution in [-0.4, -0.2) is 51.0 Å². The van der Waals surface area contributed by atoms with Crippen LogP contribution in [-0.2, 0) is 32.6 Å². The summed E-state index contributed by atoms with van der Waals surface area (Å²) >= 11 is 15.8. The fourth-order valence-electron chi connectivity index (χ4n) is 3.79. The Labute approximate surface area is 235 Å². The molecule has 0 aliphatic heterocycles. The number of rotatable bonds is 10. The molecule has 196 valence electrons. The third-order valence-corrected chi connectivity index (χ3v) is 8.13. The van der Waals surface area contributed by atoms with Gasteiger partial charge < -0.3 is 10.2 Å². The number of likely N-dealkylation sites (N-methyl/N-ethyl adjacent to an activating group) is 1. The molecule has 0 saturated heterocycles. The zero-order valence-corrected chi connectivity index (χ0v) is 24.1. The summed E-state index contributed by atoms with van der Waals surface area (Å²) in [5.41, 5.74) is 1.70. The number of nitrogens with one attached hydrogen (secondary N) is 1. The number of carbonyl (C=O) groups excluding carboxylic acids is 2. The minimum absolute atomic E-state index is 0.00832. The van der Waals surface area contributed by atoms with E-state index in [0.717, 1.165) is 26.2 Å². The van der Waals surface area contributed by atoms with Gasteiger partial charge >= 0.3 is 0 Å². The molecule has 0 bridgehead atoms. The summed E-state index contributed by atoms with van der Waals surface area (Å²) in [4.78, 5) is 28.3. The van der Waals surface area contributed by atoms with Crippen molar-refractivity contribution in [3.63, 3.8) is 0 Å². The predicted octanol–water partition coefficient (Wildman–Crippen LogP) is 4.91. The molecule has 37 heavy (non-hydrogen) atoms. The van der Waals surface area contributed by atoms with Gasteiger partial charge in [-0.1, -0.05) is 87.7 Å². The maximum Gasteiger partial charge on any atom is 0.244 e. The molecule has 1 N–H and O–H groups in total. The van der Waals surface area contributed by atoms with E-state index < -0.39 is 28.5 Å². The van der Waals surface area contributed by atoms with E-state index in [0.29, 0.717) is 0 Å². The first-order chi connectivity index (χ1) is 17.5. The number of halogens is 3. The smallest absolute Gasteiger partial charge is 0.244 e. The molecule has 2 amide bonds. The van der Waals surface area contributed by atoms with Crippen molar-refractivity contribution in [3.05, 3.63) is 98.4 Å². The molecule has 0 heterocycles. The summed E-state index contributed by atoms with van der Waals surface area (Å²) in [6.07, 6.45) is 1.22. The highest BCUT2D eigenvalue weighted by atomic mass is 79.9. The van der Waals surface area contributed by atoms with Gasteiger partial charge in [0.05, 0.1) is 22.0 Å². The molecular weight excluding hydrogens is 601 g/mol. The van der Waals surface area contributed by atoms with Gasteiger partial charge in [0.15, 0.2) is 0 Å². The van der Waals surface area contributed by atoms with E-state index in [4.69, 9.17) is 23.2 Å². The average Bonchev–Trinajstić information content (AvgIpc) is 2.87. The average molecular weight is 627 g/mol. The third kappa shape index (κ3) is 7.70. The van der Waals surface area contributed by atoms with Crippen LogP contribution in [0.25, 0.3) is 0 Å². The molecule has 0 saturated carbocycles. The summed E-state index contributed by atoms with van der Waals surface area (Å²) < 4.78 is 27.3. The zero-order valence-electron chi connectivity index (χ0n) is 20.2. The minimum atomic E-state index is -3.94. The van der Waals surface area contributed by atoms with Gasteiger partial charge in [0, 0.05) is 24.5 Å². The maximum atomic E-state index is 13.8. The van der Waals surface area contributed by atoms with Crippen LogP contribution in [0.4, 0.5) is 5.69 Å². The van der Waals surface area contributed by atoms with Crippen LogP contribution in [0.3, 0.4) is 0 Å². The molecule has 0 fully saturated rings. The van der Waals surface area contributed by atoms with Crippen LogP contribution >= 0.6 is 39.1 Å². The second-order valence-corrected chi connectivity index (χ2v) is 11.9. The summed E-state index contributed by atoms with van der Waals surface area (Å²) in [5, 5.41) is 2.80. The molecule has 3 aromatic rings. The van der Waals surface area contributed by atoms with Gasteiger partial charge in [-0.25, -0.2) is 8.42 Å². The summed E-state index contributed by atoms with van der Waals surface area (Å²) in [6.45, 7) is -0.490. The molecule has 0 aliphatic rings. The quantitative estimate of drug-likeness (QED) is 0.347. The highest BCUT2D eigenvalue weighted by molar-refractivity contribution is 9.10. The molecule has 3 rings (SSSR count). The van der Waals surface area contributed by atoms with Crippen molar-refractivity contribution >= 4 is 66.7 Å². The second-order valence-electron chi connectivity index (χ2n) is 8.31. The highest BCUT2D eigenvalue weighted by Crippen LogP contribution is 2.33. The first kappa shape index (κ1) is 29.0. The SMILES string of the molecule is CNC(=O)C(Cc1ccccc1)N(Cc1ccc(Br)cc1)C(=O)CN(c1cccc(Cl)c1Cl)S(C)(=O)=O. The molecule has 1 atom stereocenters. The number of hydrogen-bond acceptors (Lipinski definition) is 4. The van der Waals surface area contributed by atoms with E-state index in [1.165, 1.54) is 24.1 Å². The molecule has 0 spiro atoms. The molecule has 0 radical (unpaired) electrons. The van der Waals surface area contributed by atoms with Crippen molar-refractivity contribution < 1.29 is 18.0 Å². The Balaban J connectivity index is 2.05. The Morgan fingerprint density at radius 2 is 1.59 bits per heavy atom. The molecule has 11 heteroatoms. The number of sulfonamides is 1. The topological polar surface area (TPSA) is 86.8 Å². The number of carbonyl (C=O) groups is 2. The Morgan fingerprint density at radius 3 is 2.19 bits per heavy atom. The van der Waals surface area contributed by atoms with Crippen LogP contribution in [0.1, 0.15) is 11.1 Å². The van der Waals surface area contributed by atoms with Crippen LogP contribution in [0.5, 0.6) is 0 Å². The monoisotopic (exact) mass is 625 g/mol. The highest BCUT2D eigenvalue weighted by Gasteiger charge is 2.33. The predicted molar refractivity (Wildman–Crippen MR) is 151 cm³/mol. The zero-order chi connectivity index (χ0) is 27.2. The minimum Gasteiger partial charge on any atom is -0.357 e. The van der Waals surface area contributed by atoms with Crippen molar-refractivity contribution in [2.45, 2.75) is 19.0 Å². The molecule has 7 nitrogen and oxygen atoms in total. The van der Waals surface area contributed by atoms with E-state index in [9.17, 15) is 18.0 Å². The van der Waals surface area contributed by atoms with E-state index in [1.807, 2.05) is 54.6 Å². The number of benzene rings is 3.